The maximum Gasteiger partial charge on any atom is 0.435 e. The third-order valence-corrected chi connectivity index (χ3v) is 10.9. The van der Waals surface area contributed by atoms with Gasteiger partial charge in [0.05, 0.1) is 10.9 Å². The number of likely N-dealkylation sites (tertiary alicyclic amines) is 1. The summed E-state index contributed by atoms with van der Waals surface area (Å²) in [4.78, 5) is 15.9. The van der Waals surface area contributed by atoms with E-state index in [1.165, 1.54) is 9.80 Å². The Morgan fingerprint density at radius 2 is 1.55 bits per heavy atom. The number of hydrogen-bond donors (Lipinski definition) is 0. The Balaban J connectivity index is 1.69. The molecule has 2 fully saturated rings. The van der Waals surface area contributed by atoms with Crippen LogP contribution in [-0.2, 0) is 26.7 Å². The van der Waals surface area contributed by atoms with Crippen LogP contribution >= 0.6 is 0 Å². The number of benzene rings is 2. The van der Waals surface area contributed by atoms with Gasteiger partial charge < -0.3 is 9.80 Å². The quantitative estimate of drug-likeness (QED) is 0.321. The first kappa shape index (κ1) is 28.6. The van der Waals surface area contributed by atoms with E-state index in [1.807, 2.05) is 0 Å². The second-order valence-corrected chi connectivity index (χ2v) is 12.7. The monoisotopic (exact) mass is 596 g/mol. The van der Waals surface area contributed by atoms with Gasteiger partial charge in [-0.05, 0) is 67.5 Å². The van der Waals surface area contributed by atoms with Gasteiger partial charge in [0.2, 0.25) is 0 Å². The van der Waals surface area contributed by atoms with Crippen molar-refractivity contribution in [1.82, 2.24) is 9.80 Å². The Kier molecular flexibility index (Phi) is 6.48. The molecular formula is C26H24F8N2O3S. The zero-order valence-electron chi connectivity index (χ0n) is 21.0. The summed E-state index contributed by atoms with van der Waals surface area (Å²) in [6.07, 6.45) is -11.6. The average Bonchev–Trinajstić information content (AvgIpc) is 3.65. The number of carbonyl (C=O) groups excluding carboxylic acids is 1. The SMILES string of the molecule is CN(C(=O)N1CC[C@@]2(S(=O)(=O)c3ccc(F)cc3)c3ccc(C(F)(C(F)(F)F)C(F)(F)F)cc3CC[C@@H]12)C1CC1. The Hall–Kier alpha value is -2.90. The molecule has 0 bridgehead atoms. The number of aryl methyl sites for hydroxylation is 1. The predicted molar refractivity (Wildman–Crippen MR) is 126 cm³/mol. The van der Waals surface area contributed by atoms with Gasteiger partial charge in [0.15, 0.2) is 9.84 Å². The molecule has 2 aromatic rings. The molecule has 5 nitrogen and oxygen atoms in total. The minimum atomic E-state index is -6.33. The normalized spacial score (nSPS) is 23.5. The molecular weight excluding hydrogens is 572 g/mol. The Bertz CT molecular complexity index is 1420. The van der Waals surface area contributed by atoms with Crippen LogP contribution in [0.3, 0.4) is 0 Å². The highest BCUT2D eigenvalue weighted by atomic mass is 32.2. The molecule has 0 spiro atoms. The summed E-state index contributed by atoms with van der Waals surface area (Å²) in [5, 5.41) is 0. The number of nitrogens with zero attached hydrogens (tertiary/aromatic N) is 2. The fourth-order valence-corrected chi connectivity index (χ4v) is 8.47. The molecule has 2 amide bonds. The number of sulfone groups is 1. The molecule has 40 heavy (non-hydrogen) atoms. The summed E-state index contributed by atoms with van der Waals surface area (Å²) >= 11 is 0. The van der Waals surface area contributed by atoms with Crippen molar-refractivity contribution in [1.29, 1.82) is 0 Å². The molecule has 0 aromatic heterocycles. The van der Waals surface area contributed by atoms with Crippen molar-refractivity contribution in [2.75, 3.05) is 13.6 Å². The van der Waals surface area contributed by atoms with Gasteiger partial charge in [0, 0.05) is 25.2 Å². The fourth-order valence-electron chi connectivity index (χ4n) is 6.10. The first-order valence-electron chi connectivity index (χ1n) is 12.5. The van der Waals surface area contributed by atoms with Gasteiger partial charge in [-0.1, -0.05) is 18.2 Å². The van der Waals surface area contributed by atoms with Crippen molar-refractivity contribution >= 4 is 15.9 Å². The van der Waals surface area contributed by atoms with Crippen LogP contribution in [-0.4, -0.2) is 62.3 Å². The second-order valence-electron chi connectivity index (χ2n) is 10.5. The third kappa shape index (κ3) is 3.99. The van der Waals surface area contributed by atoms with Crippen LogP contribution in [0.25, 0.3) is 0 Å². The maximum absolute atomic E-state index is 14.9. The number of carbonyl (C=O) groups is 1. The minimum Gasteiger partial charge on any atom is -0.325 e. The number of hydrogen-bond acceptors (Lipinski definition) is 3. The largest absolute Gasteiger partial charge is 0.435 e. The van der Waals surface area contributed by atoms with Crippen molar-refractivity contribution < 1.29 is 48.3 Å². The van der Waals surface area contributed by atoms with E-state index in [2.05, 4.69) is 0 Å². The van der Waals surface area contributed by atoms with Crippen molar-refractivity contribution in [2.45, 2.75) is 71.9 Å². The number of fused-ring (bicyclic) bond motifs is 3. The van der Waals surface area contributed by atoms with Crippen molar-refractivity contribution in [3.8, 4) is 0 Å². The third-order valence-electron chi connectivity index (χ3n) is 8.31. The summed E-state index contributed by atoms with van der Waals surface area (Å²) < 4.78 is 136. The van der Waals surface area contributed by atoms with Crippen LogP contribution in [0.4, 0.5) is 39.9 Å². The molecule has 5 rings (SSSR count). The summed E-state index contributed by atoms with van der Waals surface area (Å²) in [6, 6.07) is 3.90. The standard InChI is InChI=1S/C26H24F8N2O3S/c1-35(18-6-7-18)22(37)36-13-12-23(40(38,39)19-8-4-17(27)5-9-19)20-10-3-16(14-15(20)2-11-21(23)36)24(28,25(29,30)31)26(32,33)34/h3-5,8-10,14,18,21H,2,6-7,11-13H2,1H3/t21-,23-/m1/s1. The van der Waals surface area contributed by atoms with Gasteiger partial charge >= 0.3 is 24.1 Å². The molecule has 1 heterocycles. The molecule has 2 aromatic carbocycles. The Labute approximate surface area is 224 Å². The number of urea groups is 1. The van der Waals surface area contributed by atoms with Crippen molar-refractivity contribution in [3.63, 3.8) is 0 Å². The number of rotatable bonds is 4. The van der Waals surface area contributed by atoms with E-state index >= 15 is 0 Å². The number of halogens is 8. The molecule has 14 heteroatoms. The molecule has 1 saturated heterocycles. The summed E-state index contributed by atoms with van der Waals surface area (Å²) in [6.45, 7) is -0.0552. The average molecular weight is 597 g/mol. The highest BCUT2D eigenvalue weighted by Crippen LogP contribution is 2.56. The van der Waals surface area contributed by atoms with Crippen molar-refractivity contribution in [2.24, 2.45) is 0 Å². The fraction of sp³-hybridized carbons (Fsp3) is 0.500. The van der Waals surface area contributed by atoms with E-state index in [0.717, 1.165) is 43.2 Å². The molecule has 218 valence electrons. The lowest BCUT2D eigenvalue weighted by atomic mass is 9.77. The lowest BCUT2D eigenvalue weighted by Crippen LogP contribution is -2.54. The van der Waals surface area contributed by atoms with Gasteiger partial charge in [-0.25, -0.2) is 22.0 Å². The minimum absolute atomic E-state index is 0.0166. The number of alkyl halides is 7. The second kappa shape index (κ2) is 9.05. The highest BCUT2D eigenvalue weighted by molar-refractivity contribution is 7.92. The van der Waals surface area contributed by atoms with E-state index in [0.29, 0.717) is 12.1 Å². The van der Waals surface area contributed by atoms with E-state index in [1.54, 1.807) is 7.05 Å². The molecule has 0 N–H and O–H groups in total. The van der Waals surface area contributed by atoms with Crippen molar-refractivity contribution in [3.05, 3.63) is 65.0 Å². The van der Waals surface area contributed by atoms with Gasteiger partial charge in [0.1, 0.15) is 10.6 Å². The molecule has 0 unspecified atom stereocenters. The molecule has 3 aliphatic rings. The lowest BCUT2D eigenvalue weighted by Gasteiger charge is -2.43. The topological polar surface area (TPSA) is 57.7 Å². The molecule has 1 aliphatic heterocycles. The predicted octanol–water partition coefficient (Wildman–Crippen LogP) is 6.02. The summed E-state index contributed by atoms with van der Waals surface area (Å²) in [7, 11) is -2.93. The first-order chi connectivity index (χ1) is 18.5. The molecule has 0 radical (unpaired) electrons. The van der Waals surface area contributed by atoms with E-state index < -0.39 is 56.1 Å². The van der Waals surface area contributed by atoms with Crippen LogP contribution < -0.4 is 0 Å². The lowest BCUT2D eigenvalue weighted by molar-refractivity contribution is -0.348. The van der Waals surface area contributed by atoms with Gasteiger partial charge in [-0.3, -0.25) is 0 Å². The first-order valence-corrected chi connectivity index (χ1v) is 13.9. The van der Waals surface area contributed by atoms with Crippen LogP contribution in [0, 0.1) is 5.82 Å². The Morgan fingerprint density at radius 1 is 0.950 bits per heavy atom. The highest BCUT2D eigenvalue weighted by Gasteiger charge is 2.74. The van der Waals surface area contributed by atoms with Crippen LogP contribution in [0.1, 0.15) is 42.4 Å². The zero-order valence-corrected chi connectivity index (χ0v) is 21.8. The molecule has 2 atom stereocenters. The van der Waals surface area contributed by atoms with Crippen LogP contribution in [0.15, 0.2) is 47.4 Å². The maximum atomic E-state index is 14.9. The Morgan fingerprint density at radius 3 is 2.10 bits per heavy atom. The smallest absolute Gasteiger partial charge is 0.325 e. The van der Waals surface area contributed by atoms with Crippen LogP contribution in [0.5, 0.6) is 0 Å². The molecule has 2 aliphatic carbocycles. The van der Waals surface area contributed by atoms with E-state index in [9.17, 15) is 48.3 Å². The van der Waals surface area contributed by atoms with Gasteiger partial charge in [-0.15, -0.1) is 0 Å². The van der Waals surface area contributed by atoms with Crippen LogP contribution in [0.2, 0.25) is 0 Å². The van der Waals surface area contributed by atoms with Gasteiger partial charge in [0.25, 0.3) is 0 Å². The van der Waals surface area contributed by atoms with E-state index in [-0.39, 0.29) is 47.9 Å². The van der Waals surface area contributed by atoms with Gasteiger partial charge in [-0.2, -0.15) is 26.3 Å². The van der Waals surface area contributed by atoms with E-state index in [4.69, 9.17) is 0 Å². The zero-order chi connectivity index (χ0) is 29.5. The summed E-state index contributed by atoms with van der Waals surface area (Å²) in [5.74, 6) is -0.727. The number of amides is 2. The summed E-state index contributed by atoms with van der Waals surface area (Å²) in [5.41, 5.74) is -7.69. The molecule has 1 saturated carbocycles.